The molecule has 1 aromatic carbocycles. The maximum absolute atomic E-state index is 13.1. The molecule has 8 nitrogen and oxygen atoms in total. The van der Waals surface area contributed by atoms with Crippen LogP contribution in [0.1, 0.15) is 43.9 Å². The maximum Gasteiger partial charge on any atom is 0.328 e. The summed E-state index contributed by atoms with van der Waals surface area (Å²) in [5.41, 5.74) is 3.03. The zero-order valence-corrected chi connectivity index (χ0v) is 21.2. The van der Waals surface area contributed by atoms with Crippen molar-refractivity contribution in [3.8, 4) is 0 Å². The Bertz CT molecular complexity index is 830. The second kappa shape index (κ2) is 13.2. The summed E-state index contributed by atoms with van der Waals surface area (Å²) in [6.07, 6.45) is 0.893. The number of ether oxygens (including phenoxy) is 1. The van der Waals surface area contributed by atoms with E-state index in [2.05, 4.69) is 31.9 Å². The largest absolute Gasteiger partial charge is 0.467 e. The number of aryl methyl sites for hydroxylation is 2. The molecule has 3 amide bonds. The quantitative estimate of drug-likeness (QED) is 0.310. The lowest BCUT2D eigenvalue weighted by Crippen LogP contribution is -2.57. The molecule has 0 unspecified atom stereocenters. The van der Waals surface area contributed by atoms with E-state index in [9.17, 15) is 19.2 Å². The second-order valence-corrected chi connectivity index (χ2v) is 8.57. The van der Waals surface area contributed by atoms with Crippen LogP contribution in [0.2, 0.25) is 0 Å². The van der Waals surface area contributed by atoms with Gasteiger partial charge in [0.1, 0.15) is 18.1 Å². The first-order valence-corrected chi connectivity index (χ1v) is 11.8. The topological polar surface area (TPSA) is 114 Å². The third-order valence-electron chi connectivity index (χ3n) is 5.41. The lowest BCUT2D eigenvalue weighted by Gasteiger charge is -2.27. The molecular formula is C23H34BrN3O5. The Labute approximate surface area is 198 Å². The predicted octanol–water partition coefficient (Wildman–Crippen LogP) is 1.93. The average Bonchev–Trinajstić information content (AvgIpc) is 2.76. The summed E-state index contributed by atoms with van der Waals surface area (Å²) in [4.78, 5) is 49.6. The summed E-state index contributed by atoms with van der Waals surface area (Å²) < 4.78 is 4.90. The third-order valence-corrected chi connectivity index (χ3v) is 5.92. The fourth-order valence-electron chi connectivity index (χ4n) is 3.22. The molecule has 0 aliphatic rings. The molecule has 0 aliphatic carbocycles. The van der Waals surface area contributed by atoms with Gasteiger partial charge in [0.25, 0.3) is 0 Å². The molecule has 9 heteroatoms. The summed E-state index contributed by atoms with van der Waals surface area (Å²) >= 11 is 3.03. The molecule has 0 saturated heterocycles. The van der Waals surface area contributed by atoms with E-state index in [0.29, 0.717) is 6.42 Å². The number of rotatable bonds is 11. The highest BCUT2D eigenvalue weighted by Gasteiger charge is 2.31. The van der Waals surface area contributed by atoms with Crippen LogP contribution in [-0.2, 0) is 30.3 Å². The Morgan fingerprint density at radius 1 is 1.03 bits per heavy atom. The highest BCUT2D eigenvalue weighted by molar-refractivity contribution is 9.09. The standard InChI is InChI=1S/C23H34BrN3O5/c1-7-14(3)20(27-21(29)16(5)25-19(28)12-24)22(30)26-18(23(31)32-6)11-17-9-8-13(2)10-15(17)4/h8-10,14,16,18,20H,7,11-12H2,1-6H3,(H,25,28)(H,26,30)(H,27,29)/t14-,16-,18-,20-/m0/s1. The summed E-state index contributed by atoms with van der Waals surface area (Å²) in [7, 11) is 1.27. The number of carbonyl (C=O) groups excluding carboxylic acids is 4. The van der Waals surface area contributed by atoms with Crippen molar-refractivity contribution in [2.24, 2.45) is 5.92 Å². The molecule has 4 atom stereocenters. The van der Waals surface area contributed by atoms with E-state index in [-0.39, 0.29) is 23.6 Å². The lowest BCUT2D eigenvalue weighted by molar-refractivity contribution is -0.145. The van der Waals surface area contributed by atoms with Gasteiger partial charge in [-0.15, -0.1) is 0 Å². The van der Waals surface area contributed by atoms with Crippen molar-refractivity contribution in [3.05, 3.63) is 34.9 Å². The number of nitrogens with one attached hydrogen (secondary N) is 3. The molecule has 0 heterocycles. The average molecular weight is 512 g/mol. The van der Waals surface area contributed by atoms with Crippen LogP contribution in [0.15, 0.2) is 18.2 Å². The molecule has 3 N–H and O–H groups in total. The molecule has 0 aromatic heterocycles. The summed E-state index contributed by atoms with van der Waals surface area (Å²) in [5, 5.41) is 8.06. The van der Waals surface area contributed by atoms with E-state index in [1.807, 2.05) is 45.9 Å². The monoisotopic (exact) mass is 511 g/mol. The van der Waals surface area contributed by atoms with Gasteiger partial charge in [0.15, 0.2) is 0 Å². The molecular weight excluding hydrogens is 478 g/mol. The first-order chi connectivity index (χ1) is 15.0. The van der Waals surface area contributed by atoms with E-state index in [1.54, 1.807) is 6.92 Å². The summed E-state index contributed by atoms with van der Waals surface area (Å²) in [6.45, 7) is 9.21. The fraction of sp³-hybridized carbons (Fsp3) is 0.565. The van der Waals surface area contributed by atoms with Crippen LogP contribution in [0.5, 0.6) is 0 Å². The van der Waals surface area contributed by atoms with Crippen LogP contribution < -0.4 is 16.0 Å². The Balaban J connectivity index is 3.01. The molecule has 1 aromatic rings. The van der Waals surface area contributed by atoms with Gasteiger partial charge in [-0.1, -0.05) is 60.0 Å². The van der Waals surface area contributed by atoms with Crippen LogP contribution >= 0.6 is 15.9 Å². The van der Waals surface area contributed by atoms with Gasteiger partial charge in [-0.25, -0.2) is 4.79 Å². The van der Waals surface area contributed by atoms with Gasteiger partial charge >= 0.3 is 5.97 Å². The fourth-order valence-corrected chi connectivity index (χ4v) is 3.38. The number of esters is 1. The highest BCUT2D eigenvalue weighted by Crippen LogP contribution is 2.15. The van der Waals surface area contributed by atoms with Gasteiger partial charge in [-0.3, -0.25) is 14.4 Å². The minimum absolute atomic E-state index is 0.0686. The number of alkyl halides is 1. The third kappa shape index (κ3) is 8.26. The second-order valence-electron chi connectivity index (χ2n) is 8.01. The van der Waals surface area contributed by atoms with E-state index in [1.165, 1.54) is 7.11 Å². The molecule has 1 rings (SSSR count). The van der Waals surface area contributed by atoms with Crippen molar-refractivity contribution in [2.75, 3.05) is 12.4 Å². The van der Waals surface area contributed by atoms with Crippen molar-refractivity contribution in [1.29, 1.82) is 0 Å². The van der Waals surface area contributed by atoms with E-state index in [4.69, 9.17) is 4.74 Å². The van der Waals surface area contributed by atoms with Gasteiger partial charge in [-0.2, -0.15) is 0 Å². The summed E-state index contributed by atoms with van der Waals surface area (Å²) in [5.74, 6) is -2.06. The van der Waals surface area contributed by atoms with E-state index >= 15 is 0 Å². The Kier molecular flexibility index (Phi) is 11.4. The van der Waals surface area contributed by atoms with Crippen molar-refractivity contribution in [2.45, 2.75) is 65.6 Å². The van der Waals surface area contributed by atoms with Gasteiger partial charge in [0.05, 0.1) is 12.4 Å². The summed E-state index contributed by atoms with van der Waals surface area (Å²) in [6, 6.07) is 3.30. The molecule has 0 bridgehead atoms. The molecule has 0 aliphatic heterocycles. The van der Waals surface area contributed by atoms with Crippen LogP contribution in [-0.4, -0.2) is 54.3 Å². The minimum Gasteiger partial charge on any atom is -0.467 e. The minimum atomic E-state index is -0.900. The van der Waals surface area contributed by atoms with Crippen molar-refractivity contribution < 1.29 is 23.9 Å². The lowest BCUT2D eigenvalue weighted by atomic mass is 9.96. The zero-order chi connectivity index (χ0) is 24.4. The number of hydrogen-bond donors (Lipinski definition) is 3. The number of carbonyl (C=O) groups is 4. The first kappa shape index (κ1) is 27.6. The van der Waals surface area contributed by atoms with Crippen LogP contribution in [0.3, 0.4) is 0 Å². The number of amides is 3. The van der Waals surface area contributed by atoms with Crippen LogP contribution in [0, 0.1) is 19.8 Å². The van der Waals surface area contributed by atoms with E-state index < -0.39 is 35.9 Å². The highest BCUT2D eigenvalue weighted by atomic mass is 79.9. The molecule has 178 valence electrons. The normalized spacial score (nSPS) is 14.5. The Morgan fingerprint density at radius 2 is 1.69 bits per heavy atom. The molecule has 0 radical (unpaired) electrons. The number of halogens is 1. The first-order valence-electron chi connectivity index (χ1n) is 10.6. The maximum atomic E-state index is 13.1. The molecule has 0 spiro atoms. The number of benzene rings is 1. The van der Waals surface area contributed by atoms with Gasteiger partial charge in [0, 0.05) is 6.42 Å². The number of methoxy groups -OCH3 is 1. The SMILES string of the molecule is CC[C@H](C)[C@H](NC(=O)[C@H](C)NC(=O)CBr)C(=O)N[C@@H](Cc1ccc(C)cc1C)C(=O)OC. The van der Waals surface area contributed by atoms with Crippen molar-refractivity contribution in [1.82, 2.24) is 16.0 Å². The van der Waals surface area contributed by atoms with Gasteiger partial charge in [-0.05, 0) is 37.8 Å². The Hall–Kier alpha value is -2.42. The van der Waals surface area contributed by atoms with Gasteiger partial charge in [0.2, 0.25) is 17.7 Å². The molecule has 0 fully saturated rings. The van der Waals surface area contributed by atoms with E-state index in [0.717, 1.165) is 16.7 Å². The molecule has 0 saturated carbocycles. The molecule has 32 heavy (non-hydrogen) atoms. The van der Waals surface area contributed by atoms with Crippen LogP contribution in [0.4, 0.5) is 0 Å². The van der Waals surface area contributed by atoms with Crippen molar-refractivity contribution >= 4 is 39.6 Å². The zero-order valence-electron chi connectivity index (χ0n) is 19.6. The number of hydrogen-bond acceptors (Lipinski definition) is 5. The van der Waals surface area contributed by atoms with Gasteiger partial charge < -0.3 is 20.7 Å². The predicted molar refractivity (Wildman–Crippen MR) is 126 cm³/mol. The van der Waals surface area contributed by atoms with Crippen molar-refractivity contribution in [3.63, 3.8) is 0 Å². The smallest absolute Gasteiger partial charge is 0.328 e. The van der Waals surface area contributed by atoms with Crippen LogP contribution in [0.25, 0.3) is 0 Å². The Morgan fingerprint density at radius 3 is 2.22 bits per heavy atom.